The van der Waals surface area contributed by atoms with Gasteiger partial charge >= 0.3 is 5.97 Å². The molecule has 4 aromatic rings. The van der Waals surface area contributed by atoms with Gasteiger partial charge in [0.1, 0.15) is 11.9 Å². The van der Waals surface area contributed by atoms with E-state index in [-0.39, 0.29) is 25.0 Å². The van der Waals surface area contributed by atoms with E-state index in [1.807, 2.05) is 48.5 Å². The molecular formula is C36H38O4. The first-order valence-corrected chi connectivity index (χ1v) is 14.4. The van der Waals surface area contributed by atoms with Crippen molar-refractivity contribution in [2.75, 3.05) is 6.79 Å². The van der Waals surface area contributed by atoms with Gasteiger partial charge in [0.2, 0.25) is 0 Å². The third-order valence-corrected chi connectivity index (χ3v) is 7.63. The number of rotatable bonds is 12. The Labute approximate surface area is 237 Å². The fourth-order valence-electron chi connectivity index (χ4n) is 5.16. The lowest BCUT2D eigenvalue weighted by Crippen LogP contribution is -2.29. The van der Waals surface area contributed by atoms with Crippen molar-refractivity contribution in [1.82, 2.24) is 0 Å². The number of carbonyl (C=O) groups is 1. The standard InChI is InChI=1S/C36H38O4/c37-36(32-19-15-30(16-20-32)13-11-28-7-3-1-4-8-28)40-35-25-23-34(24-26-35)39-27-38-33-21-17-31(18-22-33)14-12-29-9-5-2-6-10-29/h1-10,15-22,34-35H,11-14,23-27H2. The van der Waals surface area contributed by atoms with E-state index >= 15 is 0 Å². The van der Waals surface area contributed by atoms with Crippen molar-refractivity contribution in [2.24, 2.45) is 0 Å². The van der Waals surface area contributed by atoms with E-state index in [2.05, 4.69) is 60.7 Å². The molecule has 1 saturated carbocycles. The van der Waals surface area contributed by atoms with Crippen molar-refractivity contribution < 1.29 is 19.0 Å². The second-order valence-corrected chi connectivity index (χ2v) is 10.5. The van der Waals surface area contributed by atoms with Crippen LogP contribution in [0.1, 0.15) is 58.3 Å². The van der Waals surface area contributed by atoms with Gasteiger partial charge in [-0.3, -0.25) is 0 Å². The molecule has 0 aromatic heterocycles. The lowest BCUT2D eigenvalue weighted by Gasteiger charge is -2.28. The summed E-state index contributed by atoms with van der Waals surface area (Å²) in [5, 5.41) is 0. The summed E-state index contributed by atoms with van der Waals surface area (Å²) in [6.45, 7) is 0.231. The average molecular weight is 535 g/mol. The van der Waals surface area contributed by atoms with E-state index < -0.39 is 0 Å². The zero-order chi connectivity index (χ0) is 27.4. The van der Waals surface area contributed by atoms with E-state index in [1.165, 1.54) is 22.3 Å². The summed E-state index contributed by atoms with van der Waals surface area (Å²) < 4.78 is 17.6. The van der Waals surface area contributed by atoms with Crippen LogP contribution < -0.4 is 4.74 Å². The quantitative estimate of drug-likeness (QED) is 0.138. The molecule has 0 saturated heterocycles. The molecule has 0 bridgehead atoms. The van der Waals surface area contributed by atoms with Crippen LogP contribution >= 0.6 is 0 Å². The van der Waals surface area contributed by atoms with Crippen LogP contribution in [0.4, 0.5) is 0 Å². The zero-order valence-corrected chi connectivity index (χ0v) is 23.0. The number of ether oxygens (including phenoxy) is 3. The highest BCUT2D eigenvalue weighted by Crippen LogP contribution is 2.25. The second kappa shape index (κ2) is 14.5. The molecule has 5 rings (SSSR count). The van der Waals surface area contributed by atoms with E-state index in [0.717, 1.165) is 57.1 Å². The van der Waals surface area contributed by atoms with Crippen molar-refractivity contribution in [2.45, 2.75) is 63.6 Å². The van der Waals surface area contributed by atoms with Gasteiger partial charge in [-0.15, -0.1) is 0 Å². The van der Waals surface area contributed by atoms with E-state index in [1.54, 1.807) is 0 Å². The Morgan fingerprint density at radius 1 is 0.550 bits per heavy atom. The number of benzene rings is 4. The minimum atomic E-state index is -0.241. The summed E-state index contributed by atoms with van der Waals surface area (Å²) in [6.07, 6.45) is 7.38. The third-order valence-electron chi connectivity index (χ3n) is 7.63. The lowest BCUT2D eigenvalue weighted by molar-refractivity contribution is -0.0666. The molecule has 0 N–H and O–H groups in total. The molecule has 0 unspecified atom stereocenters. The SMILES string of the molecule is O=C(OC1CCC(OCOc2ccc(CCc3ccccc3)cc2)CC1)c1ccc(CCc2ccccc2)cc1. The molecular weight excluding hydrogens is 496 g/mol. The molecule has 4 aromatic carbocycles. The number of carbonyl (C=O) groups excluding carboxylic acids is 1. The van der Waals surface area contributed by atoms with Crippen LogP contribution in [0.15, 0.2) is 109 Å². The summed E-state index contributed by atoms with van der Waals surface area (Å²) in [5.41, 5.74) is 5.80. The Hall–Kier alpha value is -3.89. The summed E-state index contributed by atoms with van der Waals surface area (Å²) in [4.78, 5) is 12.7. The minimum absolute atomic E-state index is 0.0607. The Bertz CT molecular complexity index is 1290. The maximum atomic E-state index is 12.7. The predicted molar refractivity (Wildman–Crippen MR) is 159 cm³/mol. The van der Waals surface area contributed by atoms with Crippen LogP contribution in [0.2, 0.25) is 0 Å². The summed E-state index contributed by atoms with van der Waals surface area (Å²) in [7, 11) is 0. The minimum Gasteiger partial charge on any atom is -0.468 e. The molecule has 1 aliphatic rings. The van der Waals surface area contributed by atoms with Gasteiger partial charge in [0, 0.05) is 0 Å². The smallest absolute Gasteiger partial charge is 0.338 e. The first-order chi connectivity index (χ1) is 19.7. The topological polar surface area (TPSA) is 44.8 Å². The van der Waals surface area contributed by atoms with Crippen molar-refractivity contribution in [3.8, 4) is 5.75 Å². The van der Waals surface area contributed by atoms with E-state index in [0.29, 0.717) is 5.56 Å². The average Bonchev–Trinajstić information content (AvgIpc) is 3.02. The Kier molecular flexibility index (Phi) is 10.0. The highest BCUT2D eigenvalue weighted by molar-refractivity contribution is 5.89. The zero-order valence-electron chi connectivity index (χ0n) is 23.0. The molecule has 0 radical (unpaired) electrons. The molecule has 0 aliphatic heterocycles. The Morgan fingerprint density at radius 2 is 1.00 bits per heavy atom. The molecule has 4 heteroatoms. The van der Waals surface area contributed by atoms with Crippen molar-refractivity contribution in [3.05, 3.63) is 137 Å². The first-order valence-electron chi connectivity index (χ1n) is 14.4. The van der Waals surface area contributed by atoms with Crippen LogP contribution in [0.5, 0.6) is 5.75 Å². The monoisotopic (exact) mass is 534 g/mol. The van der Waals surface area contributed by atoms with Crippen LogP contribution in [-0.2, 0) is 35.2 Å². The predicted octanol–water partition coefficient (Wildman–Crippen LogP) is 7.78. The van der Waals surface area contributed by atoms with Crippen molar-refractivity contribution in [3.63, 3.8) is 0 Å². The number of hydrogen-bond acceptors (Lipinski definition) is 4. The van der Waals surface area contributed by atoms with E-state index in [4.69, 9.17) is 14.2 Å². The van der Waals surface area contributed by atoms with Gasteiger partial charge in [-0.1, -0.05) is 84.9 Å². The van der Waals surface area contributed by atoms with Crippen LogP contribution in [-0.4, -0.2) is 25.0 Å². The molecule has 1 aliphatic carbocycles. The number of esters is 1. The third kappa shape index (κ3) is 8.56. The van der Waals surface area contributed by atoms with Crippen LogP contribution in [0, 0.1) is 0 Å². The van der Waals surface area contributed by atoms with Gasteiger partial charge in [-0.2, -0.15) is 0 Å². The number of aryl methyl sites for hydroxylation is 4. The second-order valence-electron chi connectivity index (χ2n) is 10.5. The molecule has 40 heavy (non-hydrogen) atoms. The fourth-order valence-corrected chi connectivity index (χ4v) is 5.16. The number of hydrogen-bond donors (Lipinski definition) is 0. The van der Waals surface area contributed by atoms with Gasteiger partial charge in [0.25, 0.3) is 0 Å². The normalized spacial score (nSPS) is 16.8. The maximum absolute atomic E-state index is 12.7. The molecule has 1 fully saturated rings. The van der Waals surface area contributed by atoms with Gasteiger partial charge in [0.15, 0.2) is 6.79 Å². The lowest BCUT2D eigenvalue weighted by atomic mass is 9.95. The van der Waals surface area contributed by atoms with E-state index in [9.17, 15) is 4.79 Å². The highest BCUT2D eigenvalue weighted by Gasteiger charge is 2.25. The van der Waals surface area contributed by atoms with Crippen LogP contribution in [0.25, 0.3) is 0 Å². The summed E-state index contributed by atoms with van der Waals surface area (Å²) >= 11 is 0. The van der Waals surface area contributed by atoms with Gasteiger partial charge in [-0.25, -0.2) is 4.79 Å². The molecule has 4 nitrogen and oxygen atoms in total. The van der Waals surface area contributed by atoms with Crippen LogP contribution in [0.3, 0.4) is 0 Å². The highest BCUT2D eigenvalue weighted by atomic mass is 16.7. The first kappa shape index (κ1) is 27.7. The largest absolute Gasteiger partial charge is 0.468 e. The molecule has 0 spiro atoms. The summed E-state index contributed by atoms with van der Waals surface area (Å²) in [5.74, 6) is 0.576. The molecule has 206 valence electrons. The van der Waals surface area contributed by atoms with Gasteiger partial charge < -0.3 is 14.2 Å². The fraction of sp³-hybridized carbons (Fsp3) is 0.306. The molecule has 0 heterocycles. The molecule has 0 amide bonds. The van der Waals surface area contributed by atoms with Crippen molar-refractivity contribution in [1.29, 1.82) is 0 Å². The molecule has 0 atom stereocenters. The maximum Gasteiger partial charge on any atom is 0.338 e. The van der Waals surface area contributed by atoms with Crippen molar-refractivity contribution >= 4 is 5.97 Å². The summed E-state index contributed by atoms with van der Waals surface area (Å²) in [6, 6.07) is 37.1. The Morgan fingerprint density at radius 3 is 1.52 bits per heavy atom. The van der Waals surface area contributed by atoms with Gasteiger partial charge in [-0.05, 0) is 97.9 Å². The van der Waals surface area contributed by atoms with Gasteiger partial charge in [0.05, 0.1) is 11.7 Å². The Balaban J connectivity index is 0.967.